The van der Waals surface area contributed by atoms with Gasteiger partial charge in [0.15, 0.2) is 0 Å². The summed E-state index contributed by atoms with van der Waals surface area (Å²) in [6, 6.07) is 9.72. The fourth-order valence-electron chi connectivity index (χ4n) is 5.22. The summed E-state index contributed by atoms with van der Waals surface area (Å²) in [6.07, 6.45) is -7.05. The first-order valence-corrected chi connectivity index (χ1v) is 17.6. The summed E-state index contributed by atoms with van der Waals surface area (Å²) in [4.78, 5) is 2.14. The van der Waals surface area contributed by atoms with Gasteiger partial charge in [0.2, 0.25) is 0 Å². The fraction of sp³-hybridized carbons (Fsp3) is 0.484. The van der Waals surface area contributed by atoms with Crippen LogP contribution >= 0.6 is 18.5 Å². The number of likely N-dealkylation sites (tertiary alicyclic amines) is 1. The van der Waals surface area contributed by atoms with Gasteiger partial charge in [-0.25, -0.2) is 4.39 Å². The third-order valence-electron chi connectivity index (χ3n) is 7.37. The highest BCUT2D eigenvalue weighted by atomic mass is 32.1. The second-order valence-corrected chi connectivity index (χ2v) is 15.4. The summed E-state index contributed by atoms with van der Waals surface area (Å²) in [7, 11) is 0.508. The zero-order valence-electron chi connectivity index (χ0n) is 25.1. The molecule has 1 aliphatic rings. The lowest BCUT2D eigenvalue weighted by Gasteiger charge is -2.36. The average Bonchev–Trinajstić information content (AvgIpc) is 3.28. The Kier molecular flexibility index (Phi) is 11.2. The molecule has 4 rings (SSSR count). The average molecular weight is 656 g/mol. The Labute approximate surface area is 259 Å². The predicted molar refractivity (Wildman–Crippen MR) is 170 cm³/mol. The van der Waals surface area contributed by atoms with Gasteiger partial charge in [0.25, 0.3) is 0 Å². The van der Waals surface area contributed by atoms with Crippen molar-refractivity contribution in [3.8, 4) is 17.6 Å². The number of aliphatic hydroxyl groups is 1. The molecule has 3 N–H and O–H groups in total. The first-order valence-electron chi connectivity index (χ1n) is 14.2. The summed E-state index contributed by atoms with van der Waals surface area (Å²) in [6.45, 7) is 4.63. The normalized spacial score (nSPS) is 18.5. The maximum Gasteiger partial charge on any atom is 0.393 e. The molecule has 1 aromatic heterocycles. The van der Waals surface area contributed by atoms with Crippen molar-refractivity contribution >= 4 is 45.2 Å². The van der Waals surface area contributed by atoms with Crippen LogP contribution in [0.1, 0.15) is 16.9 Å². The predicted octanol–water partition coefficient (Wildman–Crippen LogP) is 5.56. The molecule has 0 bridgehead atoms. The smallest absolute Gasteiger partial charge is 0.393 e. The number of hydrogen-bond donors (Lipinski definition) is 3. The number of thiophene rings is 1. The van der Waals surface area contributed by atoms with Gasteiger partial charge in [-0.3, -0.25) is 4.90 Å². The van der Waals surface area contributed by atoms with E-state index in [-0.39, 0.29) is 25.3 Å². The molecule has 0 spiro atoms. The minimum Gasteiger partial charge on any atom is -0.495 e. The number of piperidine rings is 1. The lowest BCUT2D eigenvalue weighted by molar-refractivity contribution is -0.126. The number of anilines is 2. The lowest BCUT2D eigenvalue weighted by atomic mass is 10.0. The van der Waals surface area contributed by atoms with Crippen LogP contribution in [-0.4, -0.2) is 94.8 Å². The molecule has 3 aromatic rings. The molecule has 1 fully saturated rings. The van der Waals surface area contributed by atoms with Crippen molar-refractivity contribution in [3.63, 3.8) is 0 Å². The maximum absolute atomic E-state index is 15.2. The Morgan fingerprint density at radius 3 is 2.64 bits per heavy atom. The van der Waals surface area contributed by atoms with E-state index in [4.69, 9.17) is 9.47 Å². The summed E-state index contributed by atoms with van der Waals surface area (Å²) >= 11 is 1.15. The van der Waals surface area contributed by atoms with Gasteiger partial charge in [-0.1, -0.05) is 24.0 Å². The SMILES string of the molecule is COCC(O)CN1CCC(Nc2cccc3c(CC(F)(F)F)c(C#CCNc4ccc(P(C)(C)=O)cc4OC)sc23)C(F)C1. The second kappa shape index (κ2) is 14.5. The van der Waals surface area contributed by atoms with Crippen LogP contribution in [0.15, 0.2) is 36.4 Å². The van der Waals surface area contributed by atoms with Crippen LogP contribution < -0.4 is 20.7 Å². The van der Waals surface area contributed by atoms with E-state index >= 15 is 4.39 Å². The van der Waals surface area contributed by atoms with E-state index in [1.54, 1.807) is 49.7 Å². The summed E-state index contributed by atoms with van der Waals surface area (Å²) in [5.74, 6) is 6.34. The number of methoxy groups -OCH3 is 2. The van der Waals surface area contributed by atoms with Crippen LogP contribution in [0.4, 0.5) is 28.9 Å². The number of halogens is 4. The van der Waals surface area contributed by atoms with Crippen LogP contribution in [0.3, 0.4) is 0 Å². The minimum atomic E-state index is -4.44. The van der Waals surface area contributed by atoms with Crippen molar-refractivity contribution in [2.75, 3.05) is 71.0 Å². The Morgan fingerprint density at radius 2 is 1.98 bits per heavy atom. The second-order valence-electron chi connectivity index (χ2n) is 11.2. The largest absolute Gasteiger partial charge is 0.495 e. The van der Waals surface area contributed by atoms with Crippen LogP contribution in [0.5, 0.6) is 5.75 Å². The molecule has 0 saturated carbocycles. The van der Waals surface area contributed by atoms with Gasteiger partial charge in [-0.05, 0) is 55.0 Å². The minimum absolute atomic E-state index is 0.0935. The molecule has 7 nitrogen and oxygen atoms in total. The van der Waals surface area contributed by atoms with Crippen LogP contribution in [0, 0.1) is 11.8 Å². The van der Waals surface area contributed by atoms with Gasteiger partial charge in [-0.15, -0.1) is 11.3 Å². The Bertz CT molecular complexity index is 1550. The highest BCUT2D eigenvalue weighted by molar-refractivity contribution is 7.70. The van der Waals surface area contributed by atoms with Crippen molar-refractivity contribution in [3.05, 3.63) is 46.8 Å². The standard InChI is InChI=1S/C31H38F4N3O4PS/c1-41-19-20(39)17-38-14-12-25(24(32)18-38)37-27-8-5-7-22-23(16-31(33,34)35)29(44-30(22)27)9-6-13-36-26-11-10-21(43(3,4)40)15-28(26)42-2/h5,7-8,10-11,15,20,24-25,36-37,39H,12-14,16-19H2,1-4H3. The number of nitrogens with zero attached hydrogens (tertiary/aromatic N) is 1. The number of β-amino-alcohol motifs (C(OH)–C–C–N with tert-alkyl or cyclic N) is 1. The molecular weight excluding hydrogens is 617 g/mol. The number of ether oxygens (including phenoxy) is 2. The number of aliphatic hydroxyl groups excluding tert-OH is 1. The van der Waals surface area contributed by atoms with E-state index in [1.807, 2.05) is 4.90 Å². The highest BCUT2D eigenvalue weighted by Gasteiger charge is 2.33. The number of fused-ring (bicyclic) bond motifs is 1. The molecule has 1 saturated heterocycles. The molecule has 1 aliphatic heterocycles. The van der Waals surface area contributed by atoms with E-state index in [1.165, 1.54) is 14.2 Å². The van der Waals surface area contributed by atoms with Crippen molar-refractivity contribution in [1.82, 2.24) is 4.90 Å². The molecular formula is C31H38F4N3O4PS. The zero-order valence-corrected chi connectivity index (χ0v) is 26.8. The molecule has 0 amide bonds. The highest BCUT2D eigenvalue weighted by Crippen LogP contribution is 2.40. The molecule has 44 heavy (non-hydrogen) atoms. The zero-order chi connectivity index (χ0) is 32.1. The van der Waals surface area contributed by atoms with E-state index < -0.39 is 38.1 Å². The molecule has 3 atom stereocenters. The number of alkyl halides is 4. The fourth-order valence-corrected chi connectivity index (χ4v) is 7.26. The summed E-state index contributed by atoms with van der Waals surface area (Å²) in [5, 5.41) is 17.5. The van der Waals surface area contributed by atoms with Gasteiger partial charge in [-0.2, -0.15) is 13.2 Å². The van der Waals surface area contributed by atoms with Gasteiger partial charge in [0, 0.05) is 32.0 Å². The number of hydrogen-bond acceptors (Lipinski definition) is 8. The Balaban J connectivity index is 1.54. The van der Waals surface area contributed by atoms with Crippen LogP contribution in [-0.2, 0) is 15.7 Å². The molecule has 2 aromatic carbocycles. The Morgan fingerprint density at radius 1 is 1.20 bits per heavy atom. The summed E-state index contributed by atoms with van der Waals surface area (Å²) < 4.78 is 79.5. The maximum atomic E-state index is 15.2. The molecule has 13 heteroatoms. The van der Waals surface area contributed by atoms with E-state index in [0.717, 1.165) is 11.3 Å². The number of nitrogens with one attached hydrogen (secondary N) is 2. The van der Waals surface area contributed by atoms with E-state index in [0.29, 0.717) is 56.9 Å². The molecule has 0 radical (unpaired) electrons. The summed E-state index contributed by atoms with van der Waals surface area (Å²) in [5.41, 5.74) is 1.28. The number of rotatable bonds is 11. The third-order valence-corrected chi connectivity index (χ3v) is 10.1. The van der Waals surface area contributed by atoms with E-state index in [2.05, 4.69) is 22.5 Å². The van der Waals surface area contributed by atoms with Crippen molar-refractivity contribution in [2.45, 2.75) is 37.3 Å². The molecule has 0 aliphatic carbocycles. The van der Waals surface area contributed by atoms with Crippen LogP contribution in [0.2, 0.25) is 0 Å². The van der Waals surface area contributed by atoms with Crippen molar-refractivity contribution in [1.29, 1.82) is 0 Å². The van der Waals surface area contributed by atoms with Gasteiger partial charge in [0.1, 0.15) is 19.1 Å². The van der Waals surface area contributed by atoms with Crippen LogP contribution in [0.25, 0.3) is 10.1 Å². The first kappa shape index (κ1) is 34.1. The first-order chi connectivity index (χ1) is 20.8. The van der Waals surface area contributed by atoms with Crippen molar-refractivity contribution < 1.29 is 36.7 Å². The van der Waals surface area contributed by atoms with Gasteiger partial charge >= 0.3 is 6.18 Å². The molecule has 2 heterocycles. The van der Waals surface area contributed by atoms with Crippen molar-refractivity contribution in [2.24, 2.45) is 0 Å². The Hall–Kier alpha value is -2.81. The molecule has 3 unspecified atom stereocenters. The monoisotopic (exact) mass is 655 g/mol. The molecule has 240 valence electrons. The third kappa shape index (κ3) is 8.89. The quantitative estimate of drug-likeness (QED) is 0.142. The van der Waals surface area contributed by atoms with Gasteiger partial charge in [0.05, 0.1) is 59.8 Å². The topological polar surface area (TPSA) is 83.1 Å². The lowest BCUT2D eigenvalue weighted by Crippen LogP contribution is -2.50. The number of benzene rings is 2. The van der Waals surface area contributed by atoms with E-state index in [9.17, 15) is 22.8 Å². The van der Waals surface area contributed by atoms with Gasteiger partial charge < -0.3 is 29.8 Å².